The van der Waals surface area contributed by atoms with Crippen LogP contribution in [0.4, 0.5) is 0 Å². The molecule has 0 heterocycles. The van der Waals surface area contributed by atoms with E-state index in [1.54, 1.807) is 0 Å². The Kier molecular flexibility index (Phi) is 7.27. The molecule has 0 radical (unpaired) electrons. The van der Waals surface area contributed by atoms with E-state index in [2.05, 4.69) is 43.9 Å². The lowest BCUT2D eigenvalue weighted by Gasteiger charge is -2.20. The normalized spacial score (nSPS) is 12.2. The highest BCUT2D eigenvalue weighted by Gasteiger charge is 2.13. The van der Waals surface area contributed by atoms with Crippen LogP contribution in [0.25, 0.3) is 0 Å². The van der Waals surface area contributed by atoms with Gasteiger partial charge in [-0.1, -0.05) is 37.6 Å². The Bertz CT molecular complexity index is 387. The molecular formula is C17H27NO. The van der Waals surface area contributed by atoms with Gasteiger partial charge in [-0.05, 0) is 32.4 Å². The van der Waals surface area contributed by atoms with Crippen LogP contribution in [0.1, 0.15) is 51.6 Å². The third kappa shape index (κ3) is 5.48. The summed E-state index contributed by atoms with van der Waals surface area (Å²) in [5.74, 6) is 0.999. The summed E-state index contributed by atoms with van der Waals surface area (Å²) >= 11 is 0. The molecule has 1 aromatic carbocycles. The summed E-state index contributed by atoms with van der Waals surface area (Å²) in [6.07, 6.45) is 3.13. The van der Waals surface area contributed by atoms with Gasteiger partial charge in [-0.2, -0.15) is 0 Å². The number of hydrogen-bond donors (Lipinski definition) is 1. The molecule has 2 nitrogen and oxygen atoms in total. The molecule has 2 heteroatoms. The van der Waals surface area contributed by atoms with Crippen molar-refractivity contribution in [1.29, 1.82) is 0 Å². The zero-order valence-corrected chi connectivity index (χ0v) is 12.5. The number of para-hydroxylation sites is 1. The highest BCUT2D eigenvalue weighted by molar-refractivity contribution is 5.36. The predicted octanol–water partition coefficient (Wildman–Crippen LogP) is 4.48. The van der Waals surface area contributed by atoms with Crippen LogP contribution in [0.15, 0.2) is 36.4 Å². The zero-order chi connectivity index (χ0) is 14.1. The topological polar surface area (TPSA) is 21.3 Å². The molecule has 0 saturated heterocycles. The SMILES string of the molecule is C=C(C)CCOc1ccccc1C(CC)NCCC. The van der Waals surface area contributed by atoms with Gasteiger partial charge in [0, 0.05) is 18.0 Å². The molecule has 0 saturated carbocycles. The lowest BCUT2D eigenvalue weighted by molar-refractivity contribution is 0.313. The predicted molar refractivity (Wildman–Crippen MR) is 82.7 cm³/mol. The van der Waals surface area contributed by atoms with Crippen LogP contribution >= 0.6 is 0 Å². The molecule has 0 bridgehead atoms. The van der Waals surface area contributed by atoms with Crippen molar-refractivity contribution in [3.8, 4) is 5.75 Å². The van der Waals surface area contributed by atoms with Gasteiger partial charge < -0.3 is 10.1 Å². The molecule has 1 rings (SSSR count). The van der Waals surface area contributed by atoms with Gasteiger partial charge in [0.25, 0.3) is 0 Å². The summed E-state index contributed by atoms with van der Waals surface area (Å²) in [7, 11) is 0. The second-order valence-corrected chi connectivity index (χ2v) is 5.01. The second kappa shape index (κ2) is 8.76. The van der Waals surface area contributed by atoms with Gasteiger partial charge >= 0.3 is 0 Å². The summed E-state index contributed by atoms with van der Waals surface area (Å²) < 4.78 is 5.91. The van der Waals surface area contributed by atoms with Gasteiger partial charge in [0.05, 0.1) is 6.61 Å². The second-order valence-electron chi connectivity index (χ2n) is 5.01. The maximum Gasteiger partial charge on any atom is 0.124 e. The van der Waals surface area contributed by atoms with Crippen LogP contribution in [0.2, 0.25) is 0 Å². The van der Waals surface area contributed by atoms with Crippen molar-refractivity contribution >= 4 is 0 Å². The minimum Gasteiger partial charge on any atom is -0.493 e. The van der Waals surface area contributed by atoms with Crippen LogP contribution in [0, 0.1) is 0 Å². The Morgan fingerprint density at radius 3 is 2.68 bits per heavy atom. The van der Waals surface area contributed by atoms with Gasteiger partial charge in [-0.3, -0.25) is 0 Å². The van der Waals surface area contributed by atoms with Crippen molar-refractivity contribution in [2.45, 2.75) is 46.1 Å². The molecule has 1 unspecified atom stereocenters. The molecule has 0 amide bonds. The first-order valence-corrected chi connectivity index (χ1v) is 7.28. The van der Waals surface area contributed by atoms with Gasteiger partial charge in [0.1, 0.15) is 5.75 Å². The summed E-state index contributed by atoms with van der Waals surface area (Å²) in [6.45, 7) is 12.1. The van der Waals surface area contributed by atoms with Crippen LogP contribution < -0.4 is 10.1 Å². The Morgan fingerprint density at radius 1 is 1.32 bits per heavy atom. The van der Waals surface area contributed by atoms with Crippen LogP contribution in [-0.2, 0) is 0 Å². The number of benzene rings is 1. The first kappa shape index (κ1) is 15.8. The smallest absolute Gasteiger partial charge is 0.124 e. The zero-order valence-electron chi connectivity index (χ0n) is 12.5. The van der Waals surface area contributed by atoms with Crippen LogP contribution in [-0.4, -0.2) is 13.2 Å². The molecule has 0 aliphatic heterocycles. The van der Waals surface area contributed by atoms with Crippen molar-refractivity contribution < 1.29 is 4.74 Å². The van der Waals surface area contributed by atoms with Gasteiger partial charge in [0.15, 0.2) is 0 Å². The minimum absolute atomic E-state index is 0.376. The molecule has 1 aromatic rings. The van der Waals surface area contributed by atoms with E-state index in [-0.39, 0.29) is 0 Å². The molecule has 0 aliphatic rings. The number of hydrogen-bond acceptors (Lipinski definition) is 2. The van der Waals surface area contributed by atoms with Crippen molar-refractivity contribution in [3.63, 3.8) is 0 Å². The van der Waals surface area contributed by atoms with Gasteiger partial charge in [0.2, 0.25) is 0 Å². The molecule has 0 fully saturated rings. The summed E-state index contributed by atoms with van der Waals surface area (Å²) in [6, 6.07) is 8.71. The third-order valence-corrected chi connectivity index (χ3v) is 3.13. The maximum atomic E-state index is 5.91. The Balaban J connectivity index is 2.72. The van der Waals surface area contributed by atoms with Crippen molar-refractivity contribution in [1.82, 2.24) is 5.32 Å². The van der Waals surface area contributed by atoms with E-state index < -0.39 is 0 Å². The molecule has 0 aromatic heterocycles. The fourth-order valence-electron chi connectivity index (χ4n) is 2.03. The fourth-order valence-corrected chi connectivity index (χ4v) is 2.03. The number of rotatable bonds is 9. The lowest BCUT2D eigenvalue weighted by Crippen LogP contribution is -2.22. The summed E-state index contributed by atoms with van der Waals surface area (Å²) in [5, 5.41) is 3.58. The number of nitrogens with one attached hydrogen (secondary N) is 1. The Hall–Kier alpha value is -1.28. The van der Waals surface area contributed by atoms with E-state index in [1.807, 2.05) is 13.0 Å². The molecule has 106 valence electrons. The molecule has 1 atom stereocenters. The van der Waals surface area contributed by atoms with Crippen LogP contribution in [0.3, 0.4) is 0 Å². The number of ether oxygens (including phenoxy) is 1. The molecule has 0 spiro atoms. The first-order chi connectivity index (χ1) is 9.19. The average molecular weight is 261 g/mol. The Morgan fingerprint density at radius 2 is 2.05 bits per heavy atom. The average Bonchev–Trinajstić information content (AvgIpc) is 2.40. The van der Waals surface area contributed by atoms with Crippen LogP contribution in [0.5, 0.6) is 5.75 Å². The summed E-state index contributed by atoms with van der Waals surface area (Å²) in [4.78, 5) is 0. The molecule has 1 N–H and O–H groups in total. The van der Waals surface area contributed by atoms with E-state index in [0.29, 0.717) is 12.6 Å². The minimum atomic E-state index is 0.376. The standard InChI is InChI=1S/C17H27NO/c1-5-12-18-16(6-2)15-9-7-8-10-17(15)19-13-11-14(3)4/h7-10,16,18H,3,5-6,11-13H2,1-2,4H3. The van der Waals surface area contributed by atoms with Gasteiger partial charge in [-0.15, -0.1) is 6.58 Å². The highest BCUT2D eigenvalue weighted by Crippen LogP contribution is 2.27. The quantitative estimate of drug-likeness (QED) is 0.662. The van der Waals surface area contributed by atoms with E-state index in [0.717, 1.165) is 37.1 Å². The lowest BCUT2D eigenvalue weighted by atomic mass is 10.0. The monoisotopic (exact) mass is 261 g/mol. The van der Waals surface area contributed by atoms with Crippen molar-refractivity contribution in [2.75, 3.05) is 13.2 Å². The van der Waals surface area contributed by atoms with E-state index in [9.17, 15) is 0 Å². The summed E-state index contributed by atoms with van der Waals surface area (Å²) in [5.41, 5.74) is 2.42. The third-order valence-electron chi connectivity index (χ3n) is 3.13. The van der Waals surface area contributed by atoms with Crippen molar-refractivity contribution in [2.24, 2.45) is 0 Å². The maximum absolute atomic E-state index is 5.91. The van der Waals surface area contributed by atoms with E-state index in [4.69, 9.17) is 4.74 Å². The molecular weight excluding hydrogens is 234 g/mol. The Labute approximate surface area is 117 Å². The van der Waals surface area contributed by atoms with Gasteiger partial charge in [-0.25, -0.2) is 0 Å². The van der Waals surface area contributed by atoms with E-state index in [1.165, 1.54) is 5.56 Å². The molecule has 0 aliphatic carbocycles. The van der Waals surface area contributed by atoms with E-state index >= 15 is 0 Å². The fraction of sp³-hybridized carbons (Fsp3) is 0.529. The van der Waals surface area contributed by atoms with Crippen molar-refractivity contribution in [3.05, 3.63) is 42.0 Å². The first-order valence-electron chi connectivity index (χ1n) is 7.28. The largest absolute Gasteiger partial charge is 0.493 e. The molecule has 19 heavy (non-hydrogen) atoms. The highest BCUT2D eigenvalue weighted by atomic mass is 16.5.